The summed E-state index contributed by atoms with van der Waals surface area (Å²) in [4.78, 5) is 22.4. The quantitative estimate of drug-likeness (QED) is 0.471. The molecule has 0 fully saturated rings. The van der Waals surface area contributed by atoms with Crippen LogP contribution in [0.4, 0.5) is 5.13 Å². The van der Waals surface area contributed by atoms with Crippen LogP contribution >= 0.6 is 23.1 Å². The molecule has 30 heavy (non-hydrogen) atoms. The molecule has 2 heterocycles. The van der Waals surface area contributed by atoms with Crippen molar-refractivity contribution in [3.05, 3.63) is 64.8 Å². The molecular weight excluding hydrogens is 418 g/mol. The number of hydrogen-bond donors (Lipinski definition) is 2. The van der Waals surface area contributed by atoms with E-state index in [1.165, 1.54) is 28.7 Å². The predicted molar refractivity (Wildman–Crippen MR) is 122 cm³/mol. The van der Waals surface area contributed by atoms with Crippen molar-refractivity contribution >= 4 is 34.1 Å². The number of benzene rings is 1. The number of carbonyl (C=O) groups excluding carboxylic acids is 1. The minimum atomic E-state index is -0.344. The van der Waals surface area contributed by atoms with Crippen LogP contribution in [0.3, 0.4) is 0 Å². The highest BCUT2D eigenvalue weighted by molar-refractivity contribution is 7.99. The summed E-state index contributed by atoms with van der Waals surface area (Å²) in [6.07, 6.45) is 2.38. The number of carbonyl (C=O) groups is 1. The smallest absolute Gasteiger partial charge is 0.276 e. The van der Waals surface area contributed by atoms with Gasteiger partial charge in [-0.3, -0.25) is 10.1 Å². The Kier molecular flexibility index (Phi) is 7.84. The highest BCUT2D eigenvalue weighted by Gasteiger charge is 2.16. The lowest BCUT2D eigenvalue weighted by atomic mass is 10.1. The minimum Gasteiger partial charge on any atom is -0.490 e. The number of pyridine rings is 1. The van der Waals surface area contributed by atoms with Gasteiger partial charge in [0.2, 0.25) is 0 Å². The summed E-state index contributed by atoms with van der Waals surface area (Å²) in [7, 11) is 0. The van der Waals surface area contributed by atoms with Gasteiger partial charge in [0, 0.05) is 34.9 Å². The van der Waals surface area contributed by atoms with E-state index in [9.17, 15) is 9.90 Å². The predicted octanol–water partition coefficient (Wildman–Crippen LogP) is 4.58. The van der Waals surface area contributed by atoms with E-state index >= 15 is 0 Å². The first-order valence-corrected chi connectivity index (χ1v) is 11.4. The first-order valence-electron chi connectivity index (χ1n) is 9.67. The lowest BCUT2D eigenvalue weighted by Crippen LogP contribution is -2.17. The van der Waals surface area contributed by atoms with Crippen molar-refractivity contribution in [2.75, 3.05) is 11.9 Å². The highest BCUT2D eigenvalue weighted by atomic mass is 32.2. The van der Waals surface area contributed by atoms with Crippen LogP contribution in [0.25, 0.3) is 0 Å². The fraction of sp³-hybridized carbons (Fsp3) is 0.318. The zero-order valence-electron chi connectivity index (χ0n) is 17.2. The number of thioether (sulfide) groups is 1. The Morgan fingerprint density at radius 3 is 2.70 bits per heavy atom. The molecule has 0 radical (unpaired) electrons. The Morgan fingerprint density at radius 2 is 2.03 bits per heavy atom. The Morgan fingerprint density at radius 1 is 1.27 bits per heavy atom. The molecule has 0 aliphatic rings. The number of nitrogens with zero attached hydrogens (tertiary/aromatic N) is 2. The summed E-state index contributed by atoms with van der Waals surface area (Å²) in [5, 5.41) is 13.3. The Labute approximate surface area is 184 Å². The first-order chi connectivity index (χ1) is 14.4. The summed E-state index contributed by atoms with van der Waals surface area (Å²) in [5.74, 6) is 0.227. The maximum atomic E-state index is 12.7. The van der Waals surface area contributed by atoms with E-state index in [4.69, 9.17) is 4.74 Å². The first kappa shape index (κ1) is 22.3. The number of rotatable bonds is 9. The van der Waals surface area contributed by atoms with Gasteiger partial charge < -0.3 is 9.84 Å². The molecule has 8 heteroatoms. The number of anilines is 1. The Hall–Kier alpha value is -2.42. The number of thiazole rings is 1. The van der Waals surface area contributed by atoms with Gasteiger partial charge in [0.25, 0.3) is 5.91 Å². The monoisotopic (exact) mass is 443 g/mol. The molecule has 0 saturated carbocycles. The van der Waals surface area contributed by atoms with E-state index in [0.717, 1.165) is 11.3 Å². The SMILES string of the molecule is Cc1cnc(NC(=O)c2cc(O[C@@H](C)Cc3ccccc3)cc(S[C@@H](C)CO)n2)s1. The lowest BCUT2D eigenvalue weighted by Gasteiger charge is -2.17. The standard InChI is InChI=1S/C22H25N3O3S2/c1-14(9-17-7-5-4-6-8-17)28-18-10-19(24-20(11-18)29-16(3)13-26)21(27)25-22-23-12-15(2)30-22/h4-8,10-12,14,16,26H,9,13H2,1-3H3,(H,23,25,27)/t14-,16-/m0/s1. The van der Waals surface area contributed by atoms with Crippen LogP contribution in [-0.2, 0) is 6.42 Å². The van der Waals surface area contributed by atoms with Crippen LogP contribution < -0.4 is 10.1 Å². The van der Waals surface area contributed by atoms with Gasteiger partial charge in [-0.2, -0.15) is 0 Å². The number of ether oxygens (including phenoxy) is 1. The molecule has 2 aromatic heterocycles. The van der Waals surface area contributed by atoms with Crippen LogP contribution in [0.2, 0.25) is 0 Å². The lowest BCUT2D eigenvalue weighted by molar-refractivity contribution is 0.102. The second-order valence-electron chi connectivity index (χ2n) is 6.99. The summed E-state index contributed by atoms with van der Waals surface area (Å²) >= 11 is 2.80. The van der Waals surface area contributed by atoms with Crippen molar-refractivity contribution in [1.29, 1.82) is 0 Å². The molecule has 6 nitrogen and oxygen atoms in total. The van der Waals surface area contributed by atoms with Crippen molar-refractivity contribution in [2.24, 2.45) is 0 Å². The average molecular weight is 444 g/mol. The average Bonchev–Trinajstić information content (AvgIpc) is 3.12. The molecule has 0 bridgehead atoms. The third kappa shape index (κ3) is 6.55. The van der Waals surface area contributed by atoms with E-state index in [2.05, 4.69) is 27.4 Å². The third-order valence-corrected chi connectivity index (χ3v) is 5.96. The van der Waals surface area contributed by atoms with Gasteiger partial charge in [-0.25, -0.2) is 9.97 Å². The summed E-state index contributed by atoms with van der Waals surface area (Å²) in [5.41, 5.74) is 1.43. The zero-order chi connectivity index (χ0) is 21.5. The molecular formula is C22H25N3O3S2. The number of nitrogens with one attached hydrogen (secondary N) is 1. The van der Waals surface area contributed by atoms with Crippen LogP contribution in [0, 0.1) is 6.92 Å². The molecule has 2 atom stereocenters. The second kappa shape index (κ2) is 10.6. The van der Waals surface area contributed by atoms with Gasteiger partial charge in [0.15, 0.2) is 5.13 Å². The van der Waals surface area contributed by atoms with Crippen LogP contribution in [0.1, 0.15) is 34.8 Å². The molecule has 2 N–H and O–H groups in total. The second-order valence-corrected chi connectivity index (χ2v) is 9.68. The third-order valence-electron chi connectivity index (χ3n) is 4.13. The topological polar surface area (TPSA) is 84.3 Å². The summed E-state index contributed by atoms with van der Waals surface area (Å²) in [6, 6.07) is 13.6. The number of aliphatic hydroxyl groups is 1. The summed E-state index contributed by atoms with van der Waals surface area (Å²) in [6.45, 7) is 5.84. The van der Waals surface area contributed by atoms with Crippen molar-refractivity contribution in [3.63, 3.8) is 0 Å². The fourth-order valence-corrected chi connectivity index (χ4v) is 4.24. The molecule has 3 aromatic rings. The van der Waals surface area contributed by atoms with Gasteiger partial charge >= 0.3 is 0 Å². The Balaban J connectivity index is 1.79. The zero-order valence-corrected chi connectivity index (χ0v) is 18.8. The highest BCUT2D eigenvalue weighted by Crippen LogP contribution is 2.27. The van der Waals surface area contributed by atoms with E-state index in [1.807, 2.05) is 45.0 Å². The number of hydrogen-bond acceptors (Lipinski definition) is 7. The number of aromatic nitrogens is 2. The molecule has 0 saturated heterocycles. The fourth-order valence-electron chi connectivity index (χ4n) is 2.76. The maximum Gasteiger partial charge on any atom is 0.276 e. The number of amides is 1. The van der Waals surface area contributed by atoms with Gasteiger partial charge in [-0.05, 0) is 19.4 Å². The van der Waals surface area contributed by atoms with Crippen LogP contribution in [0.5, 0.6) is 5.75 Å². The molecule has 3 rings (SSSR count). The van der Waals surface area contributed by atoms with E-state index < -0.39 is 0 Å². The van der Waals surface area contributed by atoms with Crippen LogP contribution in [-0.4, -0.2) is 38.9 Å². The molecule has 1 aromatic carbocycles. The van der Waals surface area contributed by atoms with Crippen molar-refractivity contribution in [1.82, 2.24) is 9.97 Å². The molecule has 158 valence electrons. The minimum absolute atomic E-state index is 0.0156. The number of aryl methyl sites for hydroxylation is 1. The largest absolute Gasteiger partial charge is 0.490 e. The van der Waals surface area contributed by atoms with E-state index in [0.29, 0.717) is 15.9 Å². The van der Waals surface area contributed by atoms with Crippen molar-refractivity contribution in [2.45, 2.75) is 43.6 Å². The maximum absolute atomic E-state index is 12.7. The van der Waals surface area contributed by atoms with Crippen LogP contribution in [0.15, 0.2) is 53.7 Å². The summed E-state index contributed by atoms with van der Waals surface area (Å²) < 4.78 is 6.11. The Bertz CT molecular complexity index is 979. The molecule has 0 unspecified atom stereocenters. The van der Waals surface area contributed by atoms with Gasteiger partial charge in [-0.1, -0.05) is 37.3 Å². The van der Waals surface area contributed by atoms with Crippen molar-refractivity contribution in [3.8, 4) is 5.75 Å². The molecule has 0 aliphatic carbocycles. The molecule has 1 amide bonds. The molecule has 0 spiro atoms. The van der Waals surface area contributed by atoms with E-state index in [-0.39, 0.29) is 29.6 Å². The van der Waals surface area contributed by atoms with Gasteiger partial charge in [0.1, 0.15) is 16.5 Å². The number of aliphatic hydroxyl groups excluding tert-OH is 1. The van der Waals surface area contributed by atoms with Crippen molar-refractivity contribution < 1.29 is 14.6 Å². The van der Waals surface area contributed by atoms with Gasteiger partial charge in [-0.15, -0.1) is 23.1 Å². The molecule has 0 aliphatic heterocycles. The van der Waals surface area contributed by atoms with Gasteiger partial charge in [0.05, 0.1) is 12.7 Å². The normalized spacial score (nSPS) is 12.9. The van der Waals surface area contributed by atoms with E-state index in [1.54, 1.807) is 12.3 Å².